The van der Waals surface area contributed by atoms with Crippen molar-refractivity contribution < 1.29 is 28.9 Å². The number of likely N-dealkylation sites (N-methyl/N-ethyl adjacent to an activating group) is 1. The Morgan fingerprint density at radius 1 is 1.14 bits per heavy atom. The van der Waals surface area contributed by atoms with Crippen LogP contribution in [-0.2, 0) is 30.7 Å². The molecule has 0 saturated carbocycles. The van der Waals surface area contributed by atoms with Crippen LogP contribution in [0, 0.1) is 11.8 Å². The number of carbonyl (C=O) groups is 3. The van der Waals surface area contributed by atoms with Crippen molar-refractivity contribution in [3.8, 4) is 0 Å². The van der Waals surface area contributed by atoms with Gasteiger partial charge in [0, 0.05) is 13.0 Å². The summed E-state index contributed by atoms with van der Waals surface area (Å²) in [5.41, 5.74) is -1.52. The fourth-order valence-electron chi connectivity index (χ4n) is 3.30. The summed E-state index contributed by atoms with van der Waals surface area (Å²) < 4.78 is 5.44. The Bertz CT molecular complexity index is 684. The maximum absolute atomic E-state index is 13.2. The van der Waals surface area contributed by atoms with Crippen molar-refractivity contribution in [1.29, 1.82) is 0 Å². The van der Waals surface area contributed by atoms with E-state index in [1.807, 2.05) is 37.3 Å². The van der Waals surface area contributed by atoms with Crippen molar-refractivity contribution in [2.45, 2.75) is 65.7 Å². The number of aldehydes is 1. The van der Waals surface area contributed by atoms with E-state index in [0.717, 1.165) is 5.56 Å². The molecule has 0 N–H and O–H groups in total. The lowest BCUT2D eigenvalue weighted by molar-refractivity contribution is -0.291. The lowest BCUT2D eigenvalue weighted by Crippen LogP contribution is -2.64. The van der Waals surface area contributed by atoms with Crippen LogP contribution in [0.4, 0.5) is 4.79 Å². The molecule has 0 bridgehead atoms. The van der Waals surface area contributed by atoms with Gasteiger partial charge in [0.1, 0.15) is 18.5 Å². The topological polar surface area (TPSA) is 82.1 Å². The molecule has 1 aromatic rings. The third-order valence-electron chi connectivity index (χ3n) is 5.01. The maximum atomic E-state index is 13.2. The van der Waals surface area contributed by atoms with E-state index in [1.165, 1.54) is 11.9 Å². The zero-order valence-electron chi connectivity index (χ0n) is 18.4. The fourth-order valence-corrected chi connectivity index (χ4v) is 3.30. The highest BCUT2D eigenvalue weighted by atomic mass is 17.2. The number of hydrogen-bond donors (Lipinski definition) is 0. The smallest absolute Gasteiger partial charge is 0.411 e. The second-order valence-corrected chi connectivity index (χ2v) is 8.22. The Morgan fingerprint density at radius 3 is 2.21 bits per heavy atom. The molecule has 7 heteroatoms. The van der Waals surface area contributed by atoms with Crippen LogP contribution < -0.4 is 0 Å². The van der Waals surface area contributed by atoms with Gasteiger partial charge >= 0.3 is 12.1 Å². The molecule has 0 heterocycles. The van der Waals surface area contributed by atoms with E-state index in [2.05, 4.69) is 0 Å². The second-order valence-electron chi connectivity index (χ2n) is 8.22. The molecule has 3 atom stereocenters. The van der Waals surface area contributed by atoms with Crippen LogP contribution in [0.25, 0.3) is 0 Å². The number of hydrogen-bond acceptors (Lipinski definition) is 6. The van der Waals surface area contributed by atoms with Crippen LogP contribution in [0.5, 0.6) is 0 Å². The van der Waals surface area contributed by atoms with Gasteiger partial charge < -0.3 is 9.53 Å². The third kappa shape index (κ3) is 6.03. The van der Waals surface area contributed by atoms with Crippen molar-refractivity contribution >= 4 is 18.3 Å². The van der Waals surface area contributed by atoms with Gasteiger partial charge in [-0.25, -0.2) is 9.59 Å². The van der Waals surface area contributed by atoms with Gasteiger partial charge in [0.25, 0.3) is 0 Å². The molecular formula is C22H33NO6. The molecule has 0 fully saturated rings. The average Bonchev–Trinajstić information content (AvgIpc) is 2.67. The normalized spacial score (nSPS) is 15.6. The van der Waals surface area contributed by atoms with Gasteiger partial charge in [0.2, 0.25) is 0 Å². The molecule has 0 aromatic heterocycles. The molecular weight excluding hydrogens is 374 g/mol. The molecule has 0 radical (unpaired) electrons. The lowest BCUT2D eigenvalue weighted by Gasteiger charge is -2.45. The summed E-state index contributed by atoms with van der Waals surface area (Å²) in [6.07, 6.45) is 0.455. The summed E-state index contributed by atoms with van der Waals surface area (Å²) in [6, 6.07) is 9.21. The molecule has 1 aromatic carbocycles. The van der Waals surface area contributed by atoms with Crippen LogP contribution in [0.2, 0.25) is 0 Å². The Kier molecular flexibility index (Phi) is 8.82. The monoisotopic (exact) mass is 407 g/mol. The number of rotatable bonds is 9. The molecule has 1 amide bonds. The fraction of sp³-hybridized carbons (Fsp3) is 0.591. The minimum Gasteiger partial charge on any atom is -0.444 e. The maximum Gasteiger partial charge on any atom is 0.411 e. The number of benzene rings is 1. The summed E-state index contributed by atoms with van der Waals surface area (Å²) in [6.45, 7) is 10.5. The number of ether oxygens (including phenoxy) is 1. The minimum absolute atomic E-state index is 0.0504. The highest BCUT2D eigenvalue weighted by molar-refractivity contribution is 5.89. The first kappa shape index (κ1) is 24.6. The summed E-state index contributed by atoms with van der Waals surface area (Å²) in [5, 5.41) is 0. The molecule has 0 aliphatic rings. The standard InChI is InChI=1S/C22H33NO6/c1-8-16(2)22(17(3)14-24,23(7)20(26)28-21(4,5)6)19(25)29-27-15-18-12-10-9-11-13-18/h9-14,16-17H,8,15H2,1-7H3/t16?,17?,22-/m0/s1. The number of amides is 1. The molecule has 0 aliphatic heterocycles. The molecule has 0 spiro atoms. The van der Waals surface area contributed by atoms with E-state index in [0.29, 0.717) is 12.7 Å². The predicted molar refractivity (Wildman–Crippen MR) is 109 cm³/mol. The van der Waals surface area contributed by atoms with Gasteiger partial charge in [-0.3, -0.25) is 9.79 Å². The van der Waals surface area contributed by atoms with E-state index < -0.39 is 35.0 Å². The first-order valence-corrected chi connectivity index (χ1v) is 9.80. The molecule has 7 nitrogen and oxygen atoms in total. The van der Waals surface area contributed by atoms with Gasteiger partial charge in [0.15, 0.2) is 5.54 Å². The van der Waals surface area contributed by atoms with E-state index in [1.54, 1.807) is 34.6 Å². The van der Waals surface area contributed by atoms with Crippen LogP contribution >= 0.6 is 0 Å². The molecule has 1 rings (SSSR count). The third-order valence-corrected chi connectivity index (χ3v) is 5.01. The first-order valence-electron chi connectivity index (χ1n) is 9.80. The molecule has 162 valence electrons. The molecule has 2 unspecified atom stereocenters. The van der Waals surface area contributed by atoms with E-state index >= 15 is 0 Å². The summed E-state index contributed by atoms with van der Waals surface area (Å²) in [4.78, 5) is 49.2. The van der Waals surface area contributed by atoms with Gasteiger partial charge in [-0.05, 0) is 32.3 Å². The first-order chi connectivity index (χ1) is 13.5. The van der Waals surface area contributed by atoms with Gasteiger partial charge in [-0.15, -0.1) is 0 Å². The Balaban J connectivity index is 3.18. The quantitative estimate of drug-likeness (QED) is 0.347. The van der Waals surface area contributed by atoms with Crippen molar-refractivity contribution in [3.05, 3.63) is 35.9 Å². The second kappa shape index (κ2) is 10.4. The molecule has 0 aliphatic carbocycles. The zero-order valence-corrected chi connectivity index (χ0v) is 18.4. The summed E-state index contributed by atoms with van der Waals surface area (Å²) in [7, 11) is 1.44. The number of carbonyl (C=O) groups excluding carboxylic acids is 3. The van der Waals surface area contributed by atoms with E-state index in [-0.39, 0.29) is 6.61 Å². The van der Waals surface area contributed by atoms with Gasteiger partial charge in [-0.2, -0.15) is 4.89 Å². The van der Waals surface area contributed by atoms with Crippen LogP contribution in [-0.4, -0.2) is 41.4 Å². The highest BCUT2D eigenvalue weighted by Crippen LogP contribution is 2.36. The summed E-state index contributed by atoms with van der Waals surface area (Å²) >= 11 is 0. The van der Waals surface area contributed by atoms with Crippen molar-refractivity contribution in [3.63, 3.8) is 0 Å². The SMILES string of the molecule is CCC(C)[C@@](C(=O)OOCc1ccccc1)(C(C)C=O)N(C)C(=O)OC(C)(C)C. The predicted octanol–water partition coefficient (Wildman–Crippen LogP) is 4.15. The molecule has 29 heavy (non-hydrogen) atoms. The Labute approximate surface area is 173 Å². The van der Waals surface area contributed by atoms with Crippen molar-refractivity contribution in [1.82, 2.24) is 4.90 Å². The van der Waals surface area contributed by atoms with Crippen molar-refractivity contribution in [2.24, 2.45) is 11.8 Å². The van der Waals surface area contributed by atoms with Crippen LogP contribution in [0.1, 0.15) is 53.5 Å². The van der Waals surface area contributed by atoms with E-state index in [4.69, 9.17) is 14.5 Å². The summed E-state index contributed by atoms with van der Waals surface area (Å²) in [5.74, 6) is -2.05. The zero-order chi connectivity index (χ0) is 22.2. The largest absolute Gasteiger partial charge is 0.444 e. The van der Waals surface area contributed by atoms with Gasteiger partial charge in [-0.1, -0.05) is 57.5 Å². The average molecular weight is 408 g/mol. The Hall–Kier alpha value is -2.41. The van der Waals surface area contributed by atoms with Crippen LogP contribution in [0.3, 0.4) is 0 Å². The number of nitrogens with zero attached hydrogens (tertiary/aromatic N) is 1. The molecule has 0 saturated heterocycles. The van der Waals surface area contributed by atoms with Crippen molar-refractivity contribution in [2.75, 3.05) is 7.05 Å². The Morgan fingerprint density at radius 2 is 1.72 bits per heavy atom. The lowest BCUT2D eigenvalue weighted by atomic mass is 9.73. The van der Waals surface area contributed by atoms with E-state index in [9.17, 15) is 14.4 Å². The van der Waals surface area contributed by atoms with Crippen LogP contribution in [0.15, 0.2) is 30.3 Å². The highest BCUT2D eigenvalue weighted by Gasteiger charge is 2.55. The van der Waals surface area contributed by atoms with Gasteiger partial charge in [0.05, 0.1) is 0 Å². The minimum atomic E-state index is -1.57.